The summed E-state index contributed by atoms with van der Waals surface area (Å²) in [6, 6.07) is 14.5. The molecule has 3 N–H and O–H groups in total. The van der Waals surface area contributed by atoms with Gasteiger partial charge in [-0.15, -0.1) is 0 Å². The molecule has 1 aliphatic heterocycles. The van der Waals surface area contributed by atoms with Crippen molar-refractivity contribution < 1.29 is 14.4 Å². The number of hydrazine groups is 1. The number of nitrogens with zero attached hydrogens (tertiary/aromatic N) is 1. The van der Waals surface area contributed by atoms with Crippen LogP contribution in [0.3, 0.4) is 0 Å². The highest BCUT2D eigenvalue weighted by Gasteiger charge is 2.28. The molecule has 29 heavy (non-hydrogen) atoms. The number of hydrogen-bond acceptors (Lipinski definition) is 3. The van der Waals surface area contributed by atoms with Crippen LogP contribution in [0.15, 0.2) is 48.5 Å². The Labute approximate surface area is 170 Å². The summed E-state index contributed by atoms with van der Waals surface area (Å²) in [5.74, 6) is -1.02. The fourth-order valence-electron chi connectivity index (χ4n) is 3.46. The van der Waals surface area contributed by atoms with Gasteiger partial charge in [-0.05, 0) is 50.5 Å². The molecule has 0 bridgehead atoms. The predicted molar refractivity (Wildman–Crippen MR) is 111 cm³/mol. The van der Waals surface area contributed by atoms with Crippen molar-refractivity contribution in [2.75, 3.05) is 18.4 Å². The van der Waals surface area contributed by atoms with Gasteiger partial charge in [-0.2, -0.15) is 0 Å². The SMILES string of the molecule is Cc1ccc(C(=O)NNC(=O)[C@H]2CCCN(C(=O)Nc3ccccc3)C2)c(C)c1. The van der Waals surface area contributed by atoms with Gasteiger partial charge in [0.1, 0.15) is 0 Å². The summed E-state index contributed by atoms with van der Waals surface area (Å²) >= 11 is 0. The molecule has 7 heteroatoms. The van der Waals surface area contributed by atoms with Crippen LogP contribution in [0.1, 0.15) is 34.3 Å². The first-order chi connectivity index (χ1) is 13.9. The summed E-state index contributed by atoms with van der Waals surface area (Å²) < 4.78 is 0. The second-order valence-corrected chi connectivity index (χ2v) is 7.34. The number of urea groups is 1. The van der Waals surface area contributed by atoms with Gasteiger partial charge in [0.05, 0.1) is 5.92 Å². The van der Waals surface area contributed by atoms with Crippen LogP contribution in [0.2, 0.25) is 0 Å². The van der Waals surface area contributed by atoms with Crippen molar-refractivity contribution in [1.82, 2.24) is 15.8 Å². The fourth-order valence-corrected chi connectivity index (χ4v) is 3.46. The topological polar surface area (TPSA) is 90.5 Å². The highest BCUT2D eigenvalue weighted by molar-refractivity contribution is 5.97. The first kappa shape index (κ1) is 20.4. The quantitative estimate of drug-likeness (QED) is 0.699. The molecular weight excluding hydrogens is 368 g/mol. The number of likely N-dealkylation sites (tertiary alicyclic amines) is 1. The van der Waals surface area contributed by atoms with Gasteiger partial charge in [-0.1, -0.05) is 35.9 Å². The molecule has 4 amide bonds. The van der Waals surface area contributed by atoms with E-state index in [1.54, 1.807) is 11.0 Å². The van der Waals surface area contributed by atoms with Gasteiger partial charge in [-0.25, -0.2) is 4.79 Å². The largest absolute Gasteiger partial charge is 0.324 e. The molecule has 2 aromatic carbocycles. The third kappa shape index (κ3) is 5.34. The Morgan fingerprint density at radius 1 is 1.00 bits per heavy atom. The number of benzene rings is 2. The number of amides is 4. The van der Waals surface area contributed by atoms with E-state index < -0.39 is 0 Å². The number of nitrogens with one attached hydrogen (secondary N) is 3. The Morgan fingerprint density at radius 3 is 2.48 bits per heavy atom. The van der Waals surface area contributed by atoms with E-state index in [9.17, 15) is 14.4 Å². The van der Waals surface area contributed by atoms with Crippen LogP contribution in [-0.4, -0.2) is 35.8 Å². The molecule has 0 radical (unpaired) electrons. The molecule has 2 aromatic rings. The van der Waals surface area contributed by atoms with Crippen LogP contribution in [0, 0.1) is 19.8 Å². The van der Waals surface area contributed by atoms with E-state index >= 15 is 0 Å². The van der Waals surface area contributed by atoms with Gasteiger partial charge < -0.3 is 10.2 Å². The molecule has 1 atom stereocenters. The Kier molecular flexibility index (Phi) is 6.49. The van der Waals surface area contributed by atoms with Crippen LogP contribution in [0.4, 0.5) is 10.5 Å². The van der Waals surface area contributed by atoms with E-state index in [1.807, 2.05) is 56.3 Å². The van der Waals surface area contributed by atoms with Gasteiger partial charge >= 0.3 is 6.03 Å². The van der Waals surface area contributed by atoms with E-state index in [1.165, 1.54) is 0 Å². The number of hydrogen-bond donors (Lipinski definition) is 3. The molecule has 1 heterocycles. The van der Waals surface area contributed by atoms with Crippen molar-refractivity contribution in [2.24, 2.45) is 5.92 Å². The van der Waals surface area contributed by atoms with Crippen LogP contribution >= 0.6 is 0 Å². The van der Waals surface area contributed by atoms with Gasteiger partial charge in [0.25, 0.3) is 5.91 Å². The van der Waals surface area contributed by atoms with E-state index in [-0.39, 0.29) is 23.8 Å². The molecule has 0 unspecified atom stereocenters. The number of piperidine rings is 1. The maximum atomic E-state index is 12.5. The number of para-hydroxylation sites is 1. The summed E-state index contributed by atoms with van der Waals surface area (Å²) in [5, 5.41) is 2.84. The maximum Gasteiger partial charge on any atom is 0.321 e. The monoisotopic (exact) mass is 394 g/mol. The second-order valence-electron chi connectivity index (χ2n) is 7.34. The first-order valence-corrected chi connectivity index (χ1v) is 9.72. The Morgan fingerprint density at radius 2 is 1.76 bits per heavy atom. The van der Waals surface area contributed by atoms with E-state index in [4.69, 9.17) is 0 Å². The van der Waals surface area contributed by atoms with Crippen molar-refractivity contribution in [3.63, 3.8) is 0 Å². The van der Waals surface area contributed by atoms with E-state index in [2.05, 4.69) is 16.2 Å². The summed E-state index contributed by atoms with van der Waals surface area (Å²) in [6.45, 7) is 4.72. The molecule has 1 saturated heterocycles. The number of aryl methyl sites for hydroxylation is 2. The minimum Gasteiger partial charge on any atom is -0.324 e. The average molecular weight is 394 g/mol. The minimum atomic E-state index is -0.371. The molecule has 0 saturated carbocycles. The van der Waals surface area contributed by atoms with Crippen molar-refractivity contribution in [3.05, 3.63) is 65.2 Å². The van der Waals surface area contributed by atoms with E-state index in [0.717, 1.165) is 17.5 Å². The zero-order chi connectivity index (χ0) is 20.8. The normalized spacial score (nSPS) is 16.1. The van der Waals surface area contributed by atoms with Gasteiger partial charge in [0.15, 0.2) is 0 Å². The maximum absolute atomic E-state index is 12.5. The highest BCUT2D eigenvalue weighted by Crippen LogP contribution is 2.18. The summed E-state index contributed by atoms with van der Waals surface area (Å²) in [5.41, 5.74) is 8.13. The van der Waals surface area contributed by atoms with Crippen molar-refractivity contribution in [1.29, 1.82) is 0 Å². The molecular formula is C22H26N4O3. The van der Waals surface area contributed by atoms with Crippen LogP contribution < -0.4 is 16.2 Å². The molecule has 1 fully saturated rings. The predicted octanol–water partition coefficient (Wildman–Crippen LogP) is 3.01. The number of carbonyl (C=O) groups excluding carboxylic acids is 3. The lowest BCUT2D eigenvalue weighted by molar-refractivity contribution is -0.127. The zero-order valence-corrected chi connectivity index (χ0v) is 16.7. The number of rotatable bonds is 3. The van der Waals surface area contributed by atoms with Gasteiger partial charge in [-0.3, -0.25) is 20.4 Å². The van der Waals surface area contributed by atoms with Crippen LogP contribution in [-0.2, 0) is 4.79 Å². The third-order valence-electron chi connectivity index (χ3n) is 5.03. The zero-order valence-electron chi connectivity index (χ0n) is 16.7. The lowest BCUT2D eigenvalue weighted by atomic mass is 9.97. The van der Waals surface area contributed by atoms with Crippen molar-refractivity contribution >= 4 is 23.5 Å². The van der Waals surface area contributed by atoms with Gasteiger partial charge in [0, 0.05) is 24.3 Å². The summed E-state index contributed by atoms with van der Waals surface area (Å²) in [7, 11) is 0. The Hall–Kier alpha value is -3.35. The highest BCUT2D eigenvalue weighted by atomic mass is 16.2. The van der Waals surface area contributed by atoms with Crippen molar-refractivity contribution in [2.45, 2.75) is 26.7 Å². The average Bonchev–Trinajstić information content (AvgIpc) is 2.72. The van der Waals surface area contributed by atoms with Gasteiger partial charge in [0.2, 0.25) is 5.91 Å². The lowest BCUT2D eigenvalue weighted by Gasteiger charge is -2.32. The molecule has 0 aromatic heterocycles. The third-order valence-corrected chi connectivity index (χ3v) is 5.03. The van der Waals surface area contributed by atoms with E-state index in [0.29, 0.717) is 30.8 Å². The Balaban J connectivity index is 1.52. The molecule has 3 rings (SSSR count). The lowest BCUT2D eigenvalue weighted by Crippen LogP contribution is -2.50. The molecule has 7 nitrogen and oxygen atoms in total. The smallest absolute Gasteiger partial charge is 0.321 e. The minimum absolute atomic E-state index is 0.229. The standard InChI is InChI=1S/C22H26N4O3/c1-15-10-11-19(16(2)13-15)21(28)25-24-20(27)17-7-6-12-26(14-17)22(29)23-18-8-4-3-5-9-18/h3-5,8-11,13,17H,6-7,12,14H2,1-2H3,(H,23,29)(H,24,27)(H,25,28)/t17-/m0/s1. The molecule has 0 spiro atoms. The fraction of sp³-hybridized carbons (Fsp3) is 0.318. The Bertz CT molecular complexity index is 898. The number of anilines is 1. The molecule has 1 aliphatic rings. The molecule has 0 aliphatic carbocycles. The first-order valence-electron chi connectivity index (χ1n) is 9.72. The second kappa shape index (κ2) is 9.23. The number of carbonyl (C=O) groups is 3. The summed E-state index contributed by atoms with van der Waals surface area (Å²) in [4.78, 5) is 39.0. The molecule has 152 valence electrons. The summed E-state index contributed by atoms with van der Waals surface area (Å²) in [6.07, 6.45) is 1.39. The van der Waals surface area contributed by atoms with Crippen LogP contribution in [0.25, 0.3) is 0 Å². The van der Waals surface area contributed by atoms with Crippen molar-refractivity contribution in [3.8, 4) is 0 Å². The van der Waals surface area contributed by atoms with Crippen LogP contribution in [0.5, 0.6) is 0 Å².